The van der Waals surface area contributed by atoms with Gasteiger partial charge in [-0.3, -0.25) is 9.13 Å². The molecule has 17 aromatic rings. The highest BCUT2D eigenvalue weighted by molar-refractivity contribution is 8.34. The number of benzene rings is 14. The van der Waals surface area contributed by atoms with Crippen molar-refractivity contribution in [2.75, 3.05) is 0 Å². The first-order chi connectivity index (χ1) is 49.4. The molecule has 0 radical (unpaired) electrons. The third kappa shape index (κ3) is 10.2. The van der Waals surface area contributed by atoms with Gasteiger partial charge >= 0.3 is 0 Å². The van der Waals surface area contributed by atoms with Crippen molar-refractivity contribution in [3.8, 4) is 56.7 Å². The number of aromatic nitrogens is 5. The number of fused-ring (bicyclic) bond motifs is 5. The molecule has 5 nitrogen and oxygen atoms in total. The summed E-state index contributed by atoms with van der Waals surface area (Å²) in [6.45, 7) is 11.7. The molecule has 101 heavy (non-hydrogen) atoms. The van der Waals surface area contributed by atoms with E-state index in [-0.39, 0.29) is 5.41 Å². The zero-order chi connectivity index (χ0) is 68.0. The first kappa shape index (κ1) is 61.7. The van der Waals surface area contributed by atoms with Crippen LogP contribution in [0, 0.1) is 0 Å². The van der Waals surface area contributed by atoms with Gasteiger partial charge in [0.2, 0.25) is 11.9 Å². The predicted octanol–water partition coefficient (Wildman–Crippen LogP) is 25.4. The average Bonchev–Trinajstić information content (AvgIpc) is 1.46. The Kier molecular flexibility index (Phi) is 14.9. The number of nitrogens with zero attached hydrogens (tertiary/aromatic N) is 5. The summed E-state index contributed by atoms with van der Waals surface area (Å²) >= 11 is 0. The molecule has 0 amide bonds. The Morgan fingerprint density at radius 1 is 0.287 bits per heavy atom. The number of para-hydroxylation sites is 2. The molecule has 19 rings (SSSR count). The van der Waals surface area contributed by atoms with Crippen molar-refractivity contribution in [3.05, 3.63) is 369 Å². The lowest BCUT2D eigenvalue weighted by Gasteiger charge is -2.46. The van der Waals surface area contributed by atoms with Crippen molar-refractivity contribution in [1.29, 1.82) is 0 Å². The number of hydrogen-bond donors (Lipinski definition) is 0. The molecule has 2 aliphatic rings. The molecular formula is C94H73N5S2. The lowest BCUT2D eigenvalue weighted by Crippen LogP contribution is -2.19. The maximum Gasteiger partial charge on any atom is 0.240 e. The van der Waals surface area contributed by atoms with Gasteiger partial charge in [0.05, 0.1) is 22.1 Å². The van der Waals surface area contributed by atoms with Crippen molar-refractivity contribution < 1.29 is 0 Å². The van der Waals surface area contributed by atoms with Crippen LogP contribution in [0.2, 0.25) is 0 Å². The minimum absolute atomic E-state index is 0.131. The summed E-state index contributed by atoms with van der Waals surface area (Å²) in [5, 5.41) is 4.51. The lowest BCUT2D eigenvalue weighted by molar-refractivity contribution is 0.591. The molecule has 2 aliphatic heterocycles. The smallest absolute Gasteiger partial charge is 0.240 e. The molecule has 1 atom stereocenters. The maximum absolute atomic E-state index is 6.05. The van der Waals surface area contributed by atoms with Gasteiger partial charge in [0.15, 0.2) is 5.82 Å². The highest BCUT2D eigenvalue weighted by Gasteiger charge is 2.40. The van der Waals surface area contributed by atoms with E-state index in [1.165, 1.54) is 46.1 Å². The van der Waals surface area contributed by atoms with E-state index in [4.69, 9.17) is 15.0 Å². The highest BCUT2D eigenvalue weighted by atomic mass is 32.3. The number of hydrogen-bond acceptors (Lipinski definition) is 3. The van der Waals surface area contributed by atoms with Crippen molar-refractivity contribution >= 4 is 63.7 Å². The summed E-state index contributed by atoms with van der Waals surface area (Å²) < 4.78 is 4.58. The van der Waals surface area contributed by atoms with Crippen LogP contribution in [0.1, 0.15) is 51.3 Å². The van der Waals surface area contributed by atoms with E-state index in [9.17, 15) is 0 Å². The molecular weight excluding hydrogens is 1260 g/mol. The van der Waals surface area contributed by atoms with Gasteiger partial charge < -0.3 is 0 Å². The molecule has 5 heterocycles. The van der Waals surface area contributed by atoms with Crippen molar-refractivity contribution in [3.63, 3.8) is 0 Å². The Balaban J connectivity index is 1.07. The monoisotopic (exact) mass is 1340 g/mol. The first-order valence-electron chi connectivity index (χ1n) is 34.8. The summed E-state index contributed by atoms with van der Waals surface area (Å²) in [6, 6.07) is 132. The minimum Gasteiger partial charge on any atom is -0.278 e. The Morgan fingerprint density at radius 3 is 1.27 bits per heavy atom. The van der Waals surface area contributed by atoms with Crippen molar-refractivity contribution in [1.82, 2.24) is 24.1 Å². The molecule has 1 unspecified atom stereocenters. The van der Waals surface area contributed by atoms with Crippen molar-refractivity contribution in [2.45, 2.75) is 84.6 Å². The Bertz CT molecular complexity index is 5940. The van der Waals surface area contributed by atoms with Crippen LogP contribution >= 0.6 is 20.1 Å². The van der Waals surface area contributed by atoms with E-state index in [0.29, 0.717) is 17.7 Å². The third-order valence-corrected chi connectivity index (χ3v) is 28.5. The second-order valence-corrected chi connectivity index (χ2v) is 34.3. The molecule has 3 aromatic heterocycles. The van der Waals surface area contributed by atoms with Gasteiger partial charge in [-0.25, -0.2) is 0 Å². The second kappa shape index (κ2) is 24.4. The van der Waals surface area contributed by atoms with Crippen molar-refractivity contribution in [2.24, 2.45) is 0 Å². The normalized spacial score (nSPS) is 15.1. The Labute approximate surface area is 593 Å². The van der Waals surface area contributed by atoms with Gasteiger partial charge in [-0.1, -0.05) is 259 Å². The standard InChI is InChI=1S/C94H73N5S2/c1-93(2,3)71-51-53-88-84(61-71)85-62-73-52-54-89(85)99(88)92-96-90(95-91(97-92)98-86-49-23-21-47-82(86)83-48-22-24-50-87(83)98)70-59-80(100(74-38-15-8-16-39-74,75-40-17-9-18-41-75)77-44-26-34-67(56-77)64-29-11-6-12-30-64)63-81(60-70)101(76-42-19-10-20-43-76,78-45-27-35-68(57-78)65-31-13-7-14-32-65)79-46-28-36-69(58-79)66-33-25-37-72(55-66)94(73,4)5/h6-63H,1-5H3. The van der Waals surface area contributed by atoms with Crippen LogP contribution < -0.4 is 0 Å². The van der Waals surface area contributed by atoms with Crippen LogP contribution in [0.15, 0.2) is 391 Å². The fraction of sp³-hybridized carbons (Fsp3) is 0.0745. The quantitative estimate of drug-likeness (QED) is 0.145. The molecule has 486 valence electrons. The van der Waals surface area contributed by atoms with Crippen LogP contribution in [0.3, 0.4) is 0 Å². The van der Waals surface area contributed by atoms with Gasteiger partial charge in [-0.2, -0.15) is 15.0 Å². The van der Waals surface area contributed by atoms with Gasteiger partial charge in [0.1, 0.15) is 0 Å². The van der Waals surface area contributed by atoms with Crippen LogP contribution in [-0.4, -0.2) is 24.1 Å². The average molecular weight is 1340 g/mol. The van der Waals surface area contributed by atoms with E-state index in [0.717, 1.165) is 92.3 Å². The van der Waals surface area contributed by atoms with E-state index in [1.54, 1.807) is 0 Å². The molecule has 0 N–H and O–H groups in total. The van der Waals surface area contributed by atoms with Crippen LogP contribution in [-0.2, 0) is 10.8 Å². The zero-order valence-electron chi connectivity index (χ0n) is 57.0. The highest BCUT2D eigenvalue weighted by Crippen LogP contribution is 2.78. The van der Waals surface area contributed by atoms with E-state index >= 15 is 0 Å². The summed E-state index contributed by atoms with van der Waals surface area (Å²) in [5.41, 5.74) is 14.9. The van der Waals surface area contributed by atoms with Gasteiger partial charge in [0.25, 0.3) is 0 Å². The molecule has 0 saturated carbocycles. The molecule has 0 spiro atoms. The minimum atomic E-state index is -2.62. The van der Waals surface area contributed by atoms with Gasteiger partial charge in [0, 0.05) is 71.7 Å². The van der Waals surface area contributed by atoms with Gasteiger partial charge in [-0.05, 0) is 183 Å². The van der Waals surface area contributed by atoms with E-state index in [2.05, 4.69) is 396 Å². The molecule has 7 heteroatoms. The predicted molar refractivity (Wildman–Crippen MR) is 421 cm³/mol. The number of rotatable bonds is 9. The van der Waals surface area contributed by atoms with Gasteiger partial charge in [-0.15, -0.1) is 20.1 Å². The fourth-order valence-corrected chi connectivity index (χ4v) is 23.6. The Morgan fingerprint density at radius 2 is 0.693 bits per heavy atom. The summed E-state index contributed by atoms with van der Waals surface area (Å²) in [6.07, 6.45) is 0. The first-order valence-corrected chi connectivity index (χ1v) is 38.0. The fourth-order valence-electron chi connectivity index (χ4n) is 15.6. The molecule has 12 bridgehead atoms. The summed E-state index contributed by atoms with van der Waals surface area (Å²) in [7, 11) is -5.14. The lowest BCUT2D eigenvalue weighted by atomic mass is 9.77. The molecule has 0 aliphatic carbocycles. The van der Waals surface area contributed by atoms with E-state index in [1.807, 2.05) is 0 Å². The van der Waals surface area contributed by atoms with Crippen LogP contribution in [0.5, 0.6) is 0 Å². The molecule has 0 saturated heterocycles. The summed E-state index contributed by atoms with van der Waals surface area (Å²) in [5.74, 6) is 1.58. The molecule has 14 aromatic carbocycles. The third-order valence-electron chi connectivity index (χ3n) is 20.8. The topological polar surface area (TPSA) is 48.5 Å². The largest absolute Gasteiger partial charge is 0.278 e. The van der Waals surface area contributed by atoms with E-state index < -0.39 is 25.5 Å². The second-order valence-electron chi connectivity index (χ2n) is 28.1. The SMILES string of the molecule is CC(C)(C)c1ccc2c(c1)c1cc3ccc1n2-c1nc(nc(-n2c4ccccc4c4ccccc42)n1)-c1cc(S(c2ccccc2)(c2ccccc2)c2cccc(-c4ccccc4)c2)cc(c1)S(c1ccccc1)(c1cccc(-c2ccccc2)c1)c1cccc(c1)-c1cccc(c1)C3(C)C. The zero-order valence-corrected chi connectivity index (χ0v) is 58.7. The maximum atomic E-state index is 6.05. The van der Waals surface area contributed by atoms with Crippen LogP contribution in [0.4, 0.5) is 0 Å². The van der Waals surface area contributed by atoms with Crippen LogP contribution in [0.25, 0.3) is 100 Å². The Hall–Kier alpha value is -11.6. The molecule has 0 fully saturated rings. The summed E-state index contributed by atoms with van der Waals surface area (Å²) in [4.78, 5) is 27.3.